The second kappa shape index (κ2) is 12.8. The van der Waals surface area contributed by atoms with Gasteiger partial charge >= 0.3 is 0 Å². The van der Waals surface area contributed by atoms with Gasteiger partial charge in [0, 0.05) is 44.7 Å². The Kier molecular flexibility index (Phi) is 11.6. The van der Waals surface area contributed by atoms with Crippen LogP contribution in [0.2, 0.25) is 0 Å². The smallest absolute Gasteiger partial charge is 0.191 e. The fourth-order valence-corrected chi connectivity index (χ4v) is 3.76. The van der Waals surface area contributed by atoms with Gasteiger partial charge in [0.15, 0.2) is 5.96 Å². The Morgan fingerprint density at radius 1 is 1.19 bits per heavy atom. The number of likely N-dealkylation sites (N-methyl/N-ethyl adjacent to an activating group) is 1. The van der Waals surface area contributed by atoms with Gasteiger partial charge in [0.1, 0.15) is 0 Å². The molecule has 0 amide bonds. The fraction of sp³-hybridized carbons (Fsp3) is 0.632. The lowest BCUT2D eigenvalue weighted by atomic mass is 10.1. The highest BCUT2D eigenvalue weighted by Crippen LogP contribution is 2.21. The molecule has 0 spiro atoms. The van der Waals surface area contributed by atoms with E-state index in [0.29, 0.717) is 0 Å². The largest absolute Gasteiger partial charge is 0.355 e. The van der Waals surface area contributed by atoms with Crippen LogP contribution in [0.3, 0.4) is 0 Å². The zero-order valence-corrected chi connectivity index (χ0v) is 19.7. The lowest BCUT2D eigenvalue weighted by Gasteiger charge is -2.21. The van der Waals surface area contributed by atoms with Gasteiger partial charge in [0.2, 0.25) is 0 Å². The molecule has 0 saturated carbocycles. The molecule has 1 fully saturated rings. The Labute approximate surface area is 180 Å². The van der Waals surface area contributed by atoms with E-state index in [-0.39, 0.29) is 24.0 Å². The van der Waals surface area contributed by atoms with Crippen molar-refractivity contribution in [1.29, 1.82) is 0 Å². The van der Waals surface area contributed by atoms with Gasteiger partial charge in [-0.3, -0.25) is 4.99 Å². The number of aliphatic imine (C=N–C) groups is 1. The second-order valence-electron chi connectivity index (χ2n) is 6.67. The van der Waals surface area contributed by atoms with Crippen LogP contribution >= 0.6 is 35.7 Å². The van der Waals surface area contributed by atoms with Crippen LogP contribution in [0.25, 0.3) is 0 Å². The average molecular weight is 491 g/mol. The predicted molar refractivity (Wildman–Crippen MR) is 125 cm³/mol. The van der Waals surface area contributed by atoms with Crippen LogP contribution in [0.5, 0.6) is 0 Å². The molecule has 0 bridgehead atoms. The summed E-state index contributed by atoms with van der Waals surface area (Å²) in [7, 11) is 4.04. The first-order valence-electron chi connectivity index (χ1n) is 9.11. The van der Waals surface area contributed by atoms with Crippen molar-refractivity contribution in [3.05, 3.63) is 29.3 Å². The number of nitrogens with zero attached hydrogens (tertiary/aromatic N) is 3. The SMILES string of the molecule is CN=C(NCCN1CCCN(C)CC1)NCc1ccc(C)cc1SC.I. The Morgan fingerprint density at radius 3 is 2.73 bits per heavy atom. The van der Waals surface area contributed by atoms with E-state index in [9.17, 15) is 0 Å². The minimum atomic E-state index is 0. The fourth-order valence-electron chi connectivity index (χ4n) is 3.05. The minimum Gasteiger partial charge on any atom is -0.355 e. The maximum Gasteiger partial charge on any atom is 0.191 e. The number of halogens is 1. The van der Waals surface area contributed by atoms with Crippen molar-refractivity contribution in [2.45, 2.75) is 24.8 Å². The molecule has 7 heteroatoms. The normalized spacial score (nSPS) is 16.7. The highest BCUT2D eigenvalue weighted by atomic mass is 127. The molecule has 0 unspecified atom stereocenters. The first-order chi connectivity index (χ1) is 12.1. The number of thioether (sulfide) groups is 1. The predicted octanol–water partition coefficient (Wildman–Crippen LogP) is 2.64. The molecule has 148 valence electrons. The molecule has 1 saturated heterocycles. The summed E-state index contributed by atoms with van der Waals surface area (Å²) >= 11 is 1.80. The molecule has 1 aliphatic heterocycles. The van der Waals surface area contributed by atoms with E-state index in [1.807, 2.05) is 7.05 Å². The van der Waals surface area contributed by atoms with Crippen LogP contribution in [-0.2, 0) is 6.54 Å². The number of benzene rings is 1. The van der Waals surface area contributed by atoms with Crippen molar-refractivity contribution in [2.24, 2.45) is 4.99 Å². The highest BCUT2D eigenvalue weighted by molar-refractivity contribution is 14.0. The molecular formula is C19H34IN5S. The molecule has 26 heavy (non-hydrogen) atoms. The minimum absolute atomic E-state index is 0. The van der Waals surface area contributed by atoms with Crippen molar-refractivity contribution in [3.63, 3.8) is 0 Å². The molecule has 0 atom stereocenters. The summed E-state index contributed by atoms with van der Waals surface area (Å²) in [6.07, 6.45) is 3.39. The third-order valence-corrected chi connectivity index (χ3v) is 5.46. The highest BCUT2D eigenvalue weighted by Gasteiger charge is 2.11. The van der Waals surface area contributed by atoms with Gasteiger partial charge in [0.05, 0.1) is 0 Å². The van der Waals surface area contributed by atoms with E-state index in [0.717, 1.165) is 38.7 Å². The van der Waals surface area contributed by atoms with E-state index in [2.05, 4.69) is 63.9 Å². The van der Waals surface area contributed by atoms with Crippen LogP contribution in [0.15, 0.2) is 28.1 Å². The summed E-state index contributed by atoms with van der Waals surface area (Å²) in [4.78, 5) is 10.6. The van der Waals surface area contributed by atoms with Gasteiger partial charge in [-0.1, -0.05) is 12.1 Å². The zero-order chi connectivity index (χ0) is 18.1. The maximum atomic E-state index is 4.35. The van der Waals surface area contributed by atoms with Crippen LogP contribution in [0, 0.1) is 6.92 Å². The van der Waals surface area contributed by atoms with Gasteiger partial charge in [-0.25, -0.2) is 0 Å². The average Bonchev–Trinajstić information content (AvgIpc) is 2.83. The van der Waals surface area contributed by atoms with Gasteiger partial charge < -0.3 is 20.4 Å². The molecule has 1 aromatic carbocycles. The number of rotatable bonds is 6. The summed E-state index contributed by atoms with van der Waals surface area (Å²) in [6, 6.07) is 6.62. The van der Waals surface area contributed by atoms with Crippen molar-refractivity contribution < 1.29 is 0 Å². The summed E-state index contributed by atoms with van der Waals surface area (Å²) < 4.78 is 0. The Morgan fingerprint density at radius 2 is 2.00 bits per heavy atom. The molecule has 1 aromatic rings. The molecule has 1 aliphatic rings. The Balaban J connectivity index is 0.00000338. The summed E-state index contributed by atoms with van der Waals surface area (Å²) in [5.74, 6) is 0.875. The number of hydrogen-bond donors (Lipinski definition) is 2. The van der Waals surface area contributed by atoms with Gasteiger partial charge in [-0.2, -0.15) is 0 Å². The van der Waals surface area contributed by atoms with Crippen molar-refractivity contribution in [3.8, 4) is 0 Å². The molecule has 2 N–H and O–H groups in total. The third-order valence-electron chi connectivity index (χ3n) is 4.65. The summed E-state index contributed by atoms with van der Waals surface area (Å²) in [5.41, 5.74) is 2.62. The van der Waals surface area contributed by atoms with E-state index >= 15 is 0 Å². The van der Waals surface area contributed by atoms with Crippen LogP contribution in [-0.4, -0.2) is 75.4 Å². The number of aryl methyl sites for hydroxylation is 1. The van der Waals surface area contributed by atoms with E-state index < -0.39 is 0 Å². The zero-order valence-electron chi connectivity index (χ0n) is 16.5. The molecule has 0 aromatic heterocycles. The van der Waals surface area contributed by atoms with Crippen LogP contribution < -0.4 is 10.6 Å². The first kappa shape index (κ1) is 23.5. The maximum absolute atomic E-state index is 4.35. The molecule has 5 nitrogen and oxygen atoms in total. The molecular weight excluding hydrogens is 457 g/mol. The summed E-state index contributed by atoms with van der Waals surface area (Å²) in [5, 5.41) is 6.88. The van der Waals surface area contributed by atoms with Crippen LogP contribution in [0.1, 0.15) is 17.5 Å². The van der Waals surface area contributed by atoms with E-state index in [1.165, 1.54) is 35.5 Å². The lowest BCUT2D eigenvalue weighted by molar-refractivity contribution is 0.280. The molecule has 0 aliphatic carbocycles. The van der Waals surface area contributed by atoms with E-state index in [4.69, 9.17) is 0 Å². The van der Waals surface area contributed by atoms with Crippen molar-refractivity contribution >= 4 is 41.7 Å². The Bertz CT molecular complexity index is 567. The third kappa shape index (κ3) is 8.02. The standard InChI is InChI=1S/C19H33N5S.HI/c1-16-6-7-17(18(14-16)25-4)15-22-19(20-2)21-8-11-24-10-5-9-23(3)12-13-24;/h6-7,14H,5,8-13,15H2,1-4H3,(H2,20,21,22);1H. The summed E-state index contributed by atoms with van der Waals surface area (Å²) in [6.45, 7) is 9.65. The molecule has 2 rings (SSSR count). The van der Waals surface area contributed by atoms with Gasteiger partial charge in [-0.15, -0.1) is 35.7 Å². The first-order valence-corrected chi connectivity index (χ1v) is 10.3. The van der Waals surface area contributed by atoms with Gasteiger partial charge in [0.25, 0.3) is 0 Å². The van der Waals surface area contributed by atoms with E-state index in [1.54, 1.807) is 11.8 Å². The number of hydrogen-bond acceptors (Lipinski definition) is 4. The number of nitrogens with one attached hydrogen (secondary N) is 2. The quantitative estimate of drug-likeness (QED) is 0.277. The molecule has 1 heterocycles. The molecule has 0 radical (unpaired) electrons. The lowest BCUT2D eigenvalue weighted by Crippen LogP contribution is -2.42. The monoisotopic (exact) mass is 491 g/mol. The van der Waals surface area contributed by atoms with Crippen molar-refractivity contribution in [1.82, 2.24) is 20.4 Å². The topological polar surface area (TPSA) is 42.9 Å². The number of guanidine groups is 1. The van der Waals surface area contributed by atoms with Crippen LogP contribution in [0.4, 0.5) is 0 Å². The second-order valence-corrected chi connectivity index (χ2v) is 7.51. The van der Waals surface area contributed by atoms with Crippen molar-refractivity contribution in [2.75, 3.05) is 59.6 Å². The Hall–Kier alpha value is -0.510. The van der Waals surface area contributed by atoms with Gasteiger partial charge in [-0.05, 0) is 56.9 Å².